The fourth-order valence-corrected chi connectivity index (χ4v) is 5.83. The molecular weight excluding hydrogens is 496 g/mol. The highest BCUT2D eigenvalue weighted by atomic mass is 32.1. The zero-order valence-electron chi connectivity index (χ0n) is 21.1. The number of fused-ring (bicyclic) bond motifs is 1. The Hall–Kier alpha value is -3.17. The molecule has 1 unspecified atom stereocenters. The molecule has 3 aromatic rings. The zero-order valence-corrected chi connectivity index (χ0v) is 22.7. The number of hydrogen-bond donors (Lipinski definition) is 0. The summed E-state index contributed by atoms with van der Waals surface area (Å²) in [5.41, 5.74) is 1.55. The SMILES string of the molecule is CCOC(=O)C1=C(C)N=c2s/c(=C\c3ccc(OCCC(C)C)c(OC)c3)c(=O)n2C1c1cccs1. The van der Waals surface area contributed by atoms with Crippen molar-refractivity contribution in [3.8, 4) is 11.5 Å². The van der Waals surface area contributed by atoms with Gasteiger partial charge in [-0.3, -0.25) is 9.36 Å². The molecule has 0 amide bonds. The predicted molar refractivity (Wildman–Crippen MR) is 143 cm³/mol. The molecule has 2 aromatic heterocycles. The van der Waals surface area contributed by atoms with E-state index in [0.717, 1.165) is 16.9 Å². The van der Waals surface area contributed by atoms with Crippen molar-refractivity contribution >= 4 is 34.7 Å². The molecule has 7 nitrogen and oxygen atoms in total. The van der Waals surface area contributed by atoms with E-state index in [1.54, 1.807) is 25.5 Å². The first-order valence-electron chi connectivity index (χ1n) is 11.9. The molecule has 4 rings (SSSR count). The van der Waals surface area contributed by atoms with E-state index >= 15 is 0 Å². The monoisotopic (exact) mass is 526 g/mol. The summed E-state index contributed by atoms with van der Waals surface area (Å²) in [5.74, 6) is 1.37. The van der Waals surface area contributed by atoms with Crippen molar-refractivity contribution < 1.29 is 19.0 Å². The van der Waals surface area contributed by atoms with Gasteiger partial charge < -0.3 is 14.2 Å². The highest BCUT2D eigenvalue weighted by Gasteiger charge is 2.33. The molecule has 0 radical (unpaired) electrons. The molecule has 0 bridgehead atoms. The van der Waals surface area contributed by atoms with Crippen LogP contribution in [0.2, 0.25) is 0 Å². The predicted octanol–water partition coefficient (Wildman–Crippen LogP) is 4.29. The normalized spacial score (nSPS) is 15.6. The molecule has 0 N–H and O–H groups in total. The third kappa shape index (κ3) is 5.32. The first kappa shape index (κ1) is 25.9. The number of carbonyl (C=O) groups excluding carboxylic acids is 1. The number of hydrogen-bond acceptors (Lipinski definition) is 8. The number of nitrogens with zero attached hydrogens (tertiary/aromatic N) is 2. The molecular formula is C27H30N2O5S2. The summed E-state index contributed by atoms with van der Waals surface area (Å²) in [6.07, 6.45) is 2.77. The summed E-state index contributed by atoms with van der Waals surface area (Å²) in [4.78, 5) is 32.5. The Labute approximate surface area is 218 Å². The molecule has 0 spiro atoms. The second-order valence-electron chi connectivity index (χ2n) is 8.76. The summed E-state index contributed by atoms with van der Waals surface area (Å²) in [6, 6.07) is 8.87. The van der Waals surface area contributed by atoms with Gasteiger partial charge in [0.05, 0.1) is 36.1 Å². The van der Waals surface area contributed by atoms with Crippen molar-refractivity contribution in [3.05, 3.63) is 77.1 Å². The van der Waals surface area contributed by atoms with Crippen LogP contribution < -0.4 is 24.4 Å². The van der Waals surface area contributed by atoms with Gasteiger partial charge in [0.25, 0.3) is 5.56 Å². The maximum Gasteiger partial charge on any atom is 0.338 e. The average Bonchev–Trinajstić information content (AvgIpc) is 3.47. The molecule has 9 heteroatoms. The van der Waals surface area contributed by atoms with Crippen LogP contribution in [0.25, 0.3) is 6.08 Å². The van der Waals surface area contributed by atoms with E-state index in [9.17, 15) is 9.59 Å². The van der Waals surface area contributed by atoms with Gasteiger partial charge in [0.2, 0.25) is 0 Å². The van der Waals surface area contributed by atoms with Gasteiger partial charge in [-0.05, 0) is 61.4 Å². The summed E-state index contributed by atoms with van der Waals surface area (Å²) in [5, 5.41) is 1.93. The van der Waals surface area contributed by atoms with Crippen LogP contribution in [0.3, 0.4) is 0 Å². The van der Waals surface area contributed by atoms with Crippen LogP contribution in [0, 0.1) is 5.92 Å². The van der Waals surface area contributed by atoms with Gasteiger partial charge in [0.1, 0.15) is 6.04 Å². The molecule has 36 heavy (non-hydrogen) atoms. The summed E-state index contributed by atoms with van der Waals surface area (Å²) >= 11 is 2.79. The standard InChI is InChI=1S/C27H30N2O5S2/c1-6-33-26(31)23-17(4)28-27-29(24(23)21-8-7-13-35-21)25(30)22(36-27)15-18-9-10-19(20(14-18)32-5)34-12-11-16(2)3/h7-10,13-16,24H,6,11-12H2,1-5H3/b22-15-. The van der Waals surface area contributed by atoms with E-state index in [-0.39, 0.29) is 12.2 Å². The maximum atomic E-state index is 13.6. The Morgan fingerprint density at radius 3 is 2.72 bits per heavy atom. The lowest BCUT2D eigenvalue weighted by Crippen LogP contribution is -2.39. The van der Waals surface area contributed by atoms with Gasteiger partial charge in [-0.2, -0.15) is 0 Å². The molecule has 1 atom stereocenters. The molecule has 0 saturated heterocycles. The van der Waals surface area contributed by atoms with E-state index < -0.39 is 12.0 Å². The molecule has 1 aromatic carbocycles. The highest BCUT2D eigenvalue weighted by Crippen LogP contribution is 2.33. The lowest BCUT2D eigenvalue weighted by atomic mass is 10.0. The van der Waals surface area contributed by atoms with E-state index in [4.69, 9.17) is 14.2 Å². The molecule has 190 valence electrons. The molecule has 0 saturated carbocycles. The van der Waals surface area contributed by atoms with Crippen molar-refractivity contribution in [2.75, 3.05) is 20.3 Å². The van der Waals surface area contributed by atoms with Crippen LogP contribution in [0.5, 0.6) is 11.5 Å². The van der Waals surface area contributed by atoms with Crippen LogP contribution in [0.1, 0.15) is 50.6 Å². The molecule has 0 fully saturated rings. The number of rotatable bonds is 9. The Morgan fingerprint density at radius 2 is 2.06 bits per heavy atom. The fraction of sp³-hybridized carbons (Fsp3) is 0.370. The minimum atomic E-state index is -0.575. The number of esters is 1. The molecule has 3 heterocycles. The first-order chi connectivity index (χ1) is 17.3. The number of methoxy groups -OCH3 is 1. The second-order valence-corrected chi connectivity index (χ2v) is 10.7. The zero-order chi connectivity index (χ0) is 25.8. The topological polar surface area (TPSA) is 79.1 Å². The van der Waals surface area contributed by atoms with E-state index in [1.165, 1.54) is 22.7 Å². The van der Waals surface area contributed by atoms with Gasteiger partial charge >= 0.3 is 5.97 Å². The molecule has 0 aliphatic carbocycles. The van der Waals surface area contributed by atoms with Crippen molar-refractivity contribution in [3.63, 3.8) is 0 Å². The average molecular weight is 527 g/mol. The fourth-order valence-electron chi connectivity index (χ4n) is 3.96. The van der Waals surface area contributed by atoms with E-state index in [0.29, 0.717) is 44.6 Å². The van der Waals surface area contributed by atoms with Crippen LogP contribution in [0.4, 0.5) is 0 Å². The summed E-state index contributed by atoms with van der Waals surface area (Å²) in [6.45, 7) is 8.71. The maximum absolute atomic E-state index is 13.6. The number of thiophene rings is 1. The number of aromatic nitrogens is 1. The van der Waals surface area contributed by atoms with Crippen molar-refractivity contribution in [1.29, 1.82) is 0 Å². The summed E-state index contributed by atoms with van der Waals surface area (Å²) < 4.78 is 18.9. The van der Waals surface area contributed by atoms with Gasteiger partial charge in [-0.25, -0.2) is 9.79 Å². The van der Waals surface area contributed by atoms with Crippen molar-refractivity contribution in [1.82, 2.24) is 4.57 Å². The third-order valence-electron chi connectivity index (χ3n) is 5.77. The van der Waals surface area contributed by atoms with E-state index in [2.05, 4.69) is 18.8 Å². The second kappa shape index (κ2) is 11.3. The third-order valence-corrected chi connectivity index (χ3v) is 7.68. The smallest absolute Gasteiger partial charge is 0.338 e. The Balaban J connectivity index is 1.77. The summed E-state index contributed by atoms with van der Waals surface area (Å²) in [7, 11) is 1.60. The number of ether oxygens (including phenoxy) is 3. The molecule has 1 aliphatic rings. The Morgan fingerprint density at radius 1 is 1.25 bits per heavy atom. The number of thiazole rings is 1. The van der Waals surface area contributed by atoms with Crippen molar-refractivity contribution in [2.24, 2.45) is 10.9 Å². The minimum Gasteiger partial charge on any atom is -0.493 e. The number of benzene rings is 1. The lowest BCUT2D eigenvalue weighted by Gasteiger charge is -2.23. The Kier molecular flexibility index (Phi) is 8.11. The van der Waals surface area contributed by atoms with Crippen LogP contribution in [-0.4, -0.2) is 30.9 Å². The van der Waals surface area contributed by atoms with Crippen LogP contribution in [0.15, 0.2) is 56.8 Å². The number of carbonyl (C=O) groups is 1. The highest BCUT2D eigenvalue weighted by molar-refractivity contribution is 7.10. The van der Waals surface area contributed by atoms with Crippen molar-refractivity contribution in [2.45, 2.75) is 40.2 Å². The quantitative estimate of drug-likeness (QED) is 0.389. The van der Waals surface area contributed by atoms with Gasteiger partial charge in [-0.1, -0.05) is 37.3 Å². The van der Waals surface area contributed by atoms with Gasteiger partial charge in [0, 0.05) is 4.88 Å². The minimum absolute atomic E-state index is 0.206. The number of allylic oxidation sites excluding steroid dienone is 1. The Bertz CT molecular complexity index is 1450. The van der Waals surface area contributed by atoms with Gasteiger partial charge in [-0.15, -0.1) is 11.3 Å². The largest absolute Gasteiger partial charge is 0.493 e. The van der Waals surface area contributed by atoms with Crippen LogP contribution >= 0.6 is 22.7 Å². The first-order valence-corrected chi connectivity index (χ1v) is 13.6. The van der Waals surface area contributed by atoms with E-state index in [1.807, 2.05) is 41.8 Å². The van der Waals surface area contributed by atoms with Crippen LogP contribution in [-0.2, 0) is 9.53 Å². The lowest BCUT2D eigenvalue weighted by molar-refractivity contribution is -0.139. The van der Waals surface area contributed by atoms with Gasteiger partial charge in [0.15, 0.2) is 16.3 Å². The molecule has 1 aliphatic heterocycles.